The summed E-state index contributed by atoms with van der Waals surface area (Å²) in [5, 5.41) is 3.10. The van der Waals surface area contributed by atoms with Crippen molar-refractivity contribution < 1.29 is 22.8 Å². The Bertz CT molecular complexity index is 1470. The van der Waals surface area contributed by atoms with Crippen LogP contribution in [0.3, 0.4) is 0 Å². The summed E-state index contributed by atoms with van der Waals surface area (Å²) in [4.78, 5) is 31.6. The number of aryl methyl sites for hydroxylation is 1. The number of piperidine rings is 2. The number of halogens is 3. The molecule has 0 spiro atoms. The number of anilines is 1. The van der Waals surface area contributed by atoms with Crippen molar-refractivity contribution >= 4 is 17.5 Å². The molecule has 2 aliphatic heterocycles. The molecule has 5 nitrogen and oxygen atoms in total. The lowest BCUT2D eigenvalue weighted by atomic mass is 9.82. The molecule has 2 amide bonds. The molecule has 234 valence electrons. The van der Waals surface area contributed by atoms with Gasteiger partial charge in [-0.15, -0.1) is 0 Å². The van der Waals surface area contributed by atoms with E-state index in [2.05, 4.69) is 26.1 Å². The number of carbonyl (C=O) groups is 2. The molecule has 44 heavy (non-hydrogen) atoms. The van der Waals surface area contributed by atoms with Gasteiger partial charge in [-0.05, 0) is 65.6 Å². The van der Waals surface area contributed by atoms with Gasteiger partial charge in [-0.2, -0.15) is 0 Å². The average Bonchev–Trinajstić information content (AvgIpc) is 2.98. The maximum Gasteiger partial charge on any atom is 0.257 e. The van der Waals surface area contributed by atoms with Crippen molar-refractivity contribution in [2.24, 2.45) is 5.92 Å². The number of hydrogen-bond donors (Lipinski definition) is 1. The second kappa shape index (κ2) is 12.8. The van der Waals surface area contributed by atoms with Crippen molar-refractivity contribution in [3.8, 4) is 0 Å². The second-order valence-electron chi connectivity index (χ2n) is 13.3. The van der Waals surface area contributed by atoms with Gasteiger partial charge in [-0.1, -0.05) is 69.3 Å². The molecule has 0 aliphatic carbocycles. The largest absolute Gasteiger partial charge is 0.331 e. The van der Waals surface area contributed by atoms with E-state index in [0.717, 1.165) is 16.7 Å². The van der Waals surface area contributed by atoms with Gasteiger partial charge in [-0.25, -0.2) is 13.2 Å². The monoisotopic (exact) mass is 605 g/mol. The summed E-state index contributed by atoms with van der Waals surface area (Å²) in [5.41, 5.74) is 4.01. The lowest BCUT2D eigenvalue weighted by molar-refractivity contribution is -0.123. The maximum atomic E-state index is 15.0. The third kappa shape index (κ3) is 7.17. The minimum Gasteiger partial charge on any atom is -0.331 e. The Labute approximate surface area is 258 Å². The van der Waals surface area contributed by atoms with Gasteiger partial charge in [0.15, 0.2) is 0 Å². The zero-order valence-corrected chi connectivity index (χ0v) is 26.0. The Morgan fingerprint density at radius 2 is 1.64 bits per heavy atom. The lowest BCUT2D eigenvalue weighted by Gasteiger charge is -2.41. The SMILES string of the molecule is Cc1cccc(F)c1C(=O)N1CCCC(C(=O)Nc2cccc(C(C)(C)C)c2)[C@@H]1c1ccc(CN2CCC(F)(F)CC2)cc1. The fourth-order valence-electron chi connectivity index (χ4n) is 6.37. The van der Waals surface area contributed by atoms with Gasteiger partial charge in [0.1, 0.15) is 5.82 Å². The van der Waals surface area contributed by atoms with Gasteiger partial charge in [0, 0.05) is 44.7 Å². The summed E-state index contributed by atoms with van der Waals surface area (Å²) in [7, 11) is 0. The van der Waals surface area contributed by atoms with E-state index >= 15 is 4.39 Å². The number of nitrogens with one attached hydrogen (secondary N) is 1. The lowest BCUT2D eigenvalue weighted by Crippen LogP contribution is -2.46. The quantitative estimate of drug-likeness (QED) is 0.311. The predicted octanol–water partition coefficient (Wildman–Crippen LogP) is 7.89. The van der Waals surface area contributed by atoms with Crippen molar-refractivity contribution in [1.29, 1.82) is 0 Å². The minimum absolute atomic E-state index is 0.0231. The normalized spacial score (nSPS) is 20.8. The van der Waals surface area contributed by atoms with Crippen LogP contribution in [0.4, 0.5) is 18.9 Å². The molecule has 0 aromatic heterocycles. The van der Waals surface area contributed by atoms with Gasteiger partial charge in [0.25, 0.3) is 11.8 Å². The van der Waals surface area contributed by atoms with Crippen molar-refractivity contribution in [3.63, 3.8) is 0 Å². The molecule has 3 aromatic carbocycles. The second-order valence-corrected chi connectivity index (χ2v) is 13.3. The number of carbonyl (C=O) groups excluding carboxylic acids is 2. The minimum atomic E-state index is -2.60. The first kappa shape index (κ1) is 31.8. The van der Waals surface area contributed by atoms with Crippen molar-refractivity contribution in [3.05, 3.63) is 100 Å². The van der Waals surface area contributed by atoms with Crippen molar-refractivity contribution in [2.45, 2.75) is 77.3 Å². The fraction of sp³-hybridized carbons (Fsp3) is 0.444. The van der Waals surface area contributed by atoms with Crippen LogP contribution >= 0.6 is 0 Å². The van der Waals surface area contributed by atoms with Crippen LogP contribution in [0.5, 0.6) is 0 Å². The van der Waals surface area contributed by atoms with E-state index in [1.807, 2.05) is 53.4 Å². The van der Waals surface area contributed by atoms with E-state index in [1.54, 1.807) is 24.0 Å². The molecule has 1 unspecified atom stereocenters. The van der Waals surface area contributed by atoms with Crippen LogP contribution in [-0.2, 0) is 16.8 Å². The van der Waals surface area contributed by atoms with E-state index in [1.165, 1.54) is 6.07 Å². The summed E-state index contributed by atoms with van der Waals surface area (Å²) in [6.45, 7) is 9.67. The van der Waals surface area contributed by atoms with Crippen LogP contribution in [0.25, 0.3) is 0 Å². The van der Waals surface area contributed by atoms with E-state index < -0.39 is 29.6 Å². The van der Waals surface area contributed by atoms with Gasteiger partial charge < -0.3 is 10.2 Å². The summed E-state index contributed by atoms with van der Waals surface area (Å²) < 4.78 is 42.3. The molecule has 3 aromatic rings. The van der Waals surface area contributed by atoms with Crippen LogP contribution in [0.1, 0.15) is 85.1 Å². The third-order valence-corrected chi connectivity index (χ3v) is 8.98. The Morgan fingerprint density at radius 1 is 0.955 bits per heavy atom. The molecule has 2 saturated heterocycles. The first-order valence-corrected chi connectivity index (χ1v) is 15.5. The zero-order chi connectivity index (χ0) is 31.6. The molecule has 0 bridgehead atoms. The molecular formula is C36H42F3N3O2. The molecule has 2 aliphatic rings. The number of alkyl halides is 2. The molecule has 2 heterocycles. The average molecular weight is 606 g/mol. The van der Waals surface area contributed by atoms with Crippen LogP contribution in [-0.4, -0.2) is 47.2 Å². The summed E-state index contributed by atoms with van der Waals surface area (Å²) in [6.07, 6.45) is 0.886. The predicted molar refractivity (Wildman–Crippen MR) is 167 cm³/mol. The number of rotatable bonds is 6. The number of benzene rings is 3. The van der Waals surface area contributed by atoms with Crippen LogP contribution < -0.4 is 5.32 Å². The van der Waals surface area contributed by atoms with Gasteiger partial charge in [0.2, 0.25) is 5.91 Å². The van der Waals surface area contributed by atoms with E-state index in [4.69, 9.17) is 0 Å². The highest BCUT2D eigenvalue weighted by Crippen LogP contribution is 2.39. The van der Waals surface area contributed by atoms with Gasteiger partial charge >= 0.3 is 0 Å². The van der Waals surface area contributed by atoms with E-state index in [0.29, 0.717) is 50.3 Å². The molecule has 0 saturated carbocycles. The number of hydrogen-bond acceptors (Lipinski definition) is 3. The van der Waals surface area contributed by atoms with Crippen LogP contribution in [0.15, 0.2) is 66.7 Å². The Hall–Kier alpha value is -3.65. The maximum absolute atomic E-state index is 15.0. The van der Waals surface area contributed by atoms with Crippen molar-refractivity contribution in [1.82, 2.24) is 9.80 Å². The van der Waals surface area contributed by atoms with Crippen LogP contribution in [0.2, 0.25) is 0 Å². The number of nitrogens with zero attached hydrogens (tertiary/aromatic N) is 2. The summed E-state index contributed by atoms with van der Waals surface area (Å²) in [5.74, 6) is -4.37. The molecule has 1 N–H and O–H groups in total. The molecule has 0 radical (unpaired) electrons. The van der Waals surface area contributed by atoms with Gasteiger partial charge in [0.05, 0.1) is 17.5 Å². The molecule has 5 rings (SSSR count). The zero-order valence-electron chi connectivity index (χ0n) is 26.0. The third-order valence-electron chi connectivity index (χ3n) is 8.98. The summed E-state index contributed by atoms with van der Waals surface area (Å²) >= 11 is 0. The van der Waals surface area contributed by atoms with Gasteiger partial charge in [-0.3, -0.25) is 14.5 Å². The summed E-state index contributed by atoms with van der Waals surface area (Å²) in [6, 6.07) is 19.5. The first-order valence-electron chi connectivity index (χ1n) is 15.5. The fourth-order valence-corrected chi connectivity index (χ4v) is 6.37. The van der Waals surface area contributed by atoms with Crippen LogP contribution in [0, 0.1) is 18.7 Å². The number of likely N-dealkylation sites (tertiary alicyclic amines) is 2. The standard InChI is InChI=1S/C36H42F3N3O2/c1-24-8-5-12-30(37)31(24)34(44)42-19-7-11-29(33(43)40-28-10-6-9-27(22-28)35(2,3)4)32(42)26-15-13-25(14-16-26)23-41-20-17-36(38,39)18-21-41/h5-6,8-10,12-16,22,29,32H,7,11,17-21,23H2,1-4H3,(H,40,43)/t29?,32-/m0/s1. The first-order chi connectivity index (χ1) is 20.8. The highest BCUT2D eigenvalue weighted by Gasteiger charge is 2.41. The van der Waals surface area contributed by atoms with E-state index in [9.17, 15) is 18.4 Å². The smallest absolute Gasteiger partial charge is 0.257 e. The topological polar surface area (TPSA) is 52.7 Å². The molecule has 2 atom stereocenters. The number of amides is 2. The Morgan fingerprint density at radius 3 is 2.30 bits per heavy atom. The molecule has 2 fully saturated rings. The molecule has 8 heteroatoms. The Kier molecular flexibility index (Phi) is 9.21. The highest BCUT2D eigenvalue weighted by atomic mass is 19.3. The van der Waals surface area contributed by atoms with E-state index in [-0.39, 0.29) is 29.7 Å². The Balaban J connectivity index is 1.44. The van der Waals surface area contributed by atoms with Crippen molar-refractivity contribution in [2.75, 3.05) is 25.0 Å². The highest BCUT2D eigenvalue weighted by molar-refractivity contribution is 5.98. The molecular weight excluding hydrogens is 563 g/mol.